The van der Waals surface area contributed by atoms with Gasteiger partial charge < -0.3 is 5.11 Å². The van der Waals surface area contributed by atoms with Crippen molar-refractivity contribution in [3.05, 3.63) is 54.6 Å². The summed E-state index contributed by atoms with van der Waals surface area (Å²) in [6, 6.07) is 9.82. The molecular formula is C16H20N4O3S. The second kappa shape index (κ2) is 6.94. The van der Waals surface area contributed by atoms with E-state index in [-0.39, 0.29) is 24.0 Å². The first-order valence-electron chi connectivity index (χ1n) is 7.67. The first kappa shape index (κ1) is 17.0. The molecule has 2 atom stereocenters. The highest BCUT2D eigenvalue weighted by atomic mass is 32.2. The smallest absolute Gasteiger partial charge is 0.243 e. The van der Waals surface area contributed by atoms with Crippen LogP contribution in [-0.2, 0) is 16.6 Å². The molecular weight excluding hydrogens is 328 g/mol. The summed E-state index contributed by atoms with van der Waals surface area (Å²) in [5.74, 6) is 0. The topological polar surface area (TPSA) is 86.6 Å². The summed E-state index contributed by atoms with van der Waals surface area (Å²) in [4.78, 5) is 10.2. The predicted molar refractivity (Wildman–Crippen MR) is 88.5 cm³/mol. The molecule has 0 unspecified atom stereocenters. The number of likely N-dealkylation sites (N-methyl/N-ethyl adjacent to an activating group) is 1. The van der Waals surface area contributed by atoms with E-state index in [1.807, 2.05) is 11.9 Å². The van der Waals surface area contributed by atoms with Crippen molar-refractivity contribution >= 4 is 10.0 Å². The van der Waals surface area contributed by atoms with Gasteiger partial charge in [0.25, 0.3) is 0 Å². The van der Waals surface area contributed by atoms with Crippen LogP contribution in [0.4, 0.5) is 0 Å². The van der Waals surface area contributed by atoms with Crippen LogP contribution in [0.5, 0.6) is 0 Å². The zero-order valence-corrected chi connectivity index (χ0v) is 14.2. The minimum Gasteiger partial charge on any atom is -0.390 e. The van der Waals surface area contributed by atoms with E-state index in [0.717, 1.165) is 5.69 Å². The van der Waals surface area contributed by atoms with Crippen LogP contribution in [-0.4, -0.2) is 65.0 Å². The highest BCUT2D eigenvalue weighted by Gasteiger charge is 2.40. The first-order valence-corrected chi connectivity index (χ1v) is 9.11. The van der Waals surface area contributed by atoms with Gasteiger partial charge in [-0.2, -0.15) is 4.31 Å². The Labute approximate surface area is 141 Å². The van der Waals surface area contributed by atoms with Gasteiger partial charge in [0.05, 0.1) is 22.7 Å². The quantitative estimate of drug-likeness (QED) is 0.839. The van der Waals surface area contributed by atoms with E-state index >= 15 is 0 Å². The lowest BCUT2D eigenvalue weighted by molar-refractivity contribution is 0.0946. The standard InChI is InChI=1S/C16H20N4O3S/c1-19(9-13-7-8-17-12-18-13)15-10-20(11-16(15)21)24(22,23)14-5-3-2-4-6-14/h2-8,12,15-16,21H,9-11H2,1H3/t15-,16-/m0/s1. The molecule has 1 aromatic carbocycles. The average Bonchev–Trinajstić information content (AvgIpc) is 2.99. The molecule has 0 radical (unpaired) electrons. The van der Waals surface area contributed by atoms with Gasteiger partial charge in [0.1, 0.15) is 6.33 Å². The number of aliphatic hydroxyl groups excluding tert-OH is 1. The molecule has 7 nitrogen and oxygen atoms in total. The van der Waals surface area contributed by atoms with E-state index in [1.165, 1.54) is 10.6 Å². The Bertz CT molecular complexity index is 770. The van der Waals surface area contributed by atoms with Crippen molar-refractivity contribution in [1.82, 2.24) is 19.2 Å². The van der Waals surface area contributed by atoms with Crippen LogP contribution in [0.15, 0.2) is 53.8 Å². The number of hydrogen-bond donors (Lipinski definition) is 1. The average molecular weight is 348 g/mol. The third kappa shape index (κ3) is 3.46. The first-order chi connectivity index (χ1) is 11.5. The Morgan fingerprint density at radius 3 is 2.67 bits per heavy atom. The molecule has 1 aliphatic heterocycles. The van der Waals surface area contributed by atoms with E-state index in [4.69, 9.17) is 0 Å². The molecule has 1 aliphatic rings. The molecule has 3 rings (SSSR count). The predicted octanol–water partition coefficient (Wildman–Crippen LogP) is 0.342. The van der Waals surface area contributed by atoms with Crippen molar-refractivity contribution in [3.8, 4) is 0 Å². The van der Waals surface area contributed by atoms with E-state index < -0.39 is 16.1 Å². The molecule has 128 valence electrons. The van der Waals surface area contributed by atoms with Crippen molar-refractivity contribution in [3.63, 3.8) is 0 Å². The molecule has 1 N–H and O–H groups in total. The lowest BCUT2D eigenvalue weighted by atomic mass is 10.2. The lowest BCUT2D eigenvalue weighted by Crippen LogP contribution is -2.40. The highest BCUT2D eigenvalue weighted by Crippen LogP contribution is 2.24. The van der Waals surface area contributed by atoms with Gasteiger partial charge in [-0.25, -0.2) is 18.4 Å². The summed E-state index contributed by atoms with van der Waals surface area (Å²) in [5.41, 5.74) is 0.823. The number of rotatable bonds is 5. The van der Waals surface area contributed by atoms with Crippen LogP contribution >= 0.6 is 0 Å². The number of sulfonamides is 1. The second-order valence-electron chi connectivity index (χ2n) is 5.89. The monoisotopic (exact) mass is 348 g/mol. The number of nitrogens with zero attached hydrogens (tertiary/aromatic N) is 4. The highest BCUT2D eigenvalue weighted by molar-refractivity contribution is 7.89. The van der Waals surface area contributed by atoms with Crippen LogP contribution in [0.2, 0.25) is 0 Å². The van der Waals surface area contributed by atoms with Gasteiger partial charge in [-0.05, 0) is 25.2 Å². The lowest BCUT2D eigenvalue weighted by Gasteiger charge is -2.26. The van der Waals surface area contributed by atoms with Gasteiger partial charge in [0.15, 0.2) is 0 Å². The molecule has 24 heavy (non-hydrogen) atoms. The van der Waals surface area contributed by atoms with E-state index in [9.17, 15) is 13.5 Å². The Kier molecular flexibility index (Phi) is 4.91. The molecule has 1 fully saturated rings. The largest absolute Gasteiger partial charge is 0.390 e. The van der Waals surface area contributed by atoms with Crippen LogP contribution in [0.25, 0.3) is 0 Å². The summed E-state index contributed by atoms with van der Waals surface area (Å²) >= 11 is 0. The Morgan fingerprint density at radius 2 is 2.00 bits per heavy atom. The summed E-state index contributed by atoms with van der Waals surface area (Å²) in [6.45, 7) is 0.861. The van der Waals surface area contributed by atoms with Crippen molar-refractivity contribution in [2.75, 3.05) is 20.1 Å². The number of aliphatic hydroxyl groups is 1. The maximum Gasteiger partial charge on any atom is 0.243 e. The van der Waals surface area contributed by atoms with Crippen molar-refractivity contribution in [1.29, 1.82) is 0 Å². The van der Waals surface area contributed by atoms with Gasteiger partial charge in [-0.15, -0.1) is 0 Å². The Morgan fingerprint density at radius 1 is 1.25 bits per heavy atom. The Balaban J connectivity index is 1.72. The molecule has 1 aromatic heterocycles. The molecule has 8 heteroatoms. The maximum atomic E-state index is 12.7. The number of β-amino-alcohol motifs (C(OH)–C–C–N with tert-alkyl or cyclic N) is 1. The zero-order chi connectivity index (χ0) is 17.2. The van der Waals surface area contributed by atoms with Gasteiger partial charge in [0, 0.05) is 25.8 Å². The fraction of sp³-hybridized carbons (Fsp3) is 0.375. The Hall–Kier alpha value is -1.87. The zero-order valence-electron chi connectivity index (χ0n) is 13.4. The van der Waals surface area contributed by atoms with Crippen LogP contribution in [0.3, 0.4) is 0 Å². The molecule has 0 spiro atoms. The number of aromatic nitrogens is 2. The van der Waals surface area contributed by atoms with Crippen LogP contribution in [0.1, 0.15) is 5.69 Å². The molecule has 1 saturated heterocycles. The van der Waals surface area contributed by atoms with Crippen molar-refractivity contribution < 1.29 is 13.5 Å². The van der Waals surface area contributed by atoms with Gasteiger partial charge in [-0.3, -0.25) is 4.90 Å². The summed E-state index contributed by atoms with van der Waals surface area (Å²) < 4.78 is 26.7. The van der Waals surface area contributed by atoms with E-state index in [1.54, 1.807) is 42.6 Å². The molecule has 0 bridgehead atoms. The second-order valence-corrected chi connectivity index (χ2v) is 7.82. The SMILES string of the molecule is CN(Cc1ccncn1)[C@H]1CN(S(=O)(=O)c2ccccc2)C[C@@H]1O. The molecule has 0 saturated carbocycles. The number of hydrogen-bond acceptors (Lipinski definition) is 6. The molecule has 0 aliphatic carbocycles. The fourth-order valence-electron chi connectivity index (χ4n) is 2.89. The summed E-state index contributed by atoms with van der Waals surface area (Å²) in [6.07, 6.45) is 2.39. The third-order valence-corrected chi connectivity index (χ3v) is 6.07. The van der Waals surface area contributed by atoms with Gasteiger partial charge in [0.2, 0.25) is 10.0 Å². The minimum atomic E-state index is -3.59. The third-order valence-electron chi connectivity index (χ3n) is 4.23. The molecule has 2 heterocycles. The van der Waals surface area contributed by atoms with E-state index in [2.05, 4.69) is 9.97 Å². The summed E-state index contributed by atoms with van der Waals surface area (Å²) in [5, 5.41) is 10.3. The van der Waals surface area contributed by atoms with Gasteiger partial charge in [-0.1, -0.05) is 18.2 Å². The van der Waals surface area contributed by atoms with Crippen molar-refractivity contribution in [2.45, 2.75) is 23.6 Å². The maximum absolute atomic E-state index is 12.7. The van der Waals surface area contributed by atoms with Crippen molar-refractivity contribution in [2.24, 2.45) is 0 Å². The minimum absolute atomic E-state index is 0.0933. The van der Waals surface area contributed by atoms with Gasteiger partial charge >= 0.3 is 0 Å². The molecule has 2 aromatic rings. The molecule has 0 amide bonds. The van der Waals surface area contributed by atoms with E-state index in [0.29, 0.717) is 6.54 Å². The summed E-state index contributed by atoms with van der Waals surface area (Å²) in [7, 11) is -1.73. The van der Waals surface area contributed by atoms with Crippen LogP contribution < -0.4 is 0 Å². The van der Waals surface area contributed by atoms with Crippen LogP contribution in [0, 0.1) is 0 Å². The fourth-order valence-corrected chi connectivity index (χ4v) is 4.39. The number of benzene rings is 1. The normalized spacial score (nSPS) is 22.1.